The Morgan fingerprint density at radius 2 is 1.85 bits per heavy atom. The molecule has 2 aliphatic rings. The maximum absolute atomic E-state index is 13.9. The fourth-order valence-corrected chi connectivity index (χ4v) is 2.52. The summed E-state index contributed by atoms with van der Waals surface area (Å²) < 4.78 is 51.4. The zero-order chi connectivity index (χ0) is 14.3. The molecule has 3 rings (SSSR count). The average Bonchev–Trinajstić information content (AvgIpc) is 3.10. The molecule has 1 saturated heterocycles. The summed E-state index contributed by atoms with van der Waals surface area (Å²) in [5, 5.41) is 3.17. The van der Waals surface area contributed by atoms with E-state index in [-0.39, 0.29) is 0 Å². The van der Waals surface area contributed by atoms with Crippen LogP contribution in [-0.4, -0.2) is 30.1 Å². The molecular weight excluding hydrogens is 272 g/mol. The quantitative estimate of drug-likeness (QED) is 0.857. The van der Waals surface area contributed by atoms with E-state index in [1.807, 2.05) is 0 Å². The normalized spacial score (nSPS) is 20.2. The van der Waals surface area contributed by atoms with Crippen molar-refractivity contribution in [1.82, 2.24) is 10.2 Å². The van der Waals surface area contributed by atoms with E-state index in [2.05, 4.69) is 10.2 Å². The summed E-state index contributed by atoms with van der Waals surface area (Å²) >= 11 is 0. The number of rotatable bonds is 4. The van der Waals surface area contributed by atoms with Crippen LogP contribution in [0.15, 0.2) is 18.2 Å². The zero-order valence-electron chi connectivity index (χ0n) is 10.9. The highest BCUT2D eigenvalue weighted by molar-refractivity contribution is 5.26. The second-order valence-corrected chi connectivity index (χ2v) is 5.52. The van der Waals surface area contributed by atoms with Crippen molar-refractivity contribution >= 4 is 0 Å². The molecule has 0 unspecified atom stereocenters. The van der Waals surface area contributed by atoms with Gasteiger partial charge in [0.05, 0.1) is 5.56 Å². The summed E-state index contributed by atoms with van der Waals surface area (Å²) in [6.45, 7) is 2.14. The molecule has 6 heteroatoms. The molecule has 0 radical (unpaired) electrons. The Hall–Kier alpha value is -1.14. The van der Waals surface area contributed by atoms with Crippen molar-refractivity contribution in [2.75, 3.05) is 13.1 Å². The fourth-order valence-electron chi connectivity index (χ4n) is 2.52. The van der Waals surface area contributed by atoms with Crippen LogP contribution < -0.4 is 5.32 Å². The molecule has 0 bridgehead atoms. The SMILES string of the molecule is Fc1cc(C(F)(F)F)ccc1CN(C1CC1)C1CNC1. The number of nitrogens with one attached hydrogen (secondary N) is 1. The molecule has 1 aromatic carbocycles. The van der Waals surface area contributed by atoms with Crippen molar-refractivity contribution in [2.24, 2.45) is 0 Å². The van der Waals surface area contributed by atoms with Gasteiger partial charge in [0.15, 0.2) is 0 Å². The Morgan fingerprint density at radius 3 is 2.30 bits per heavy atom. The summed E-state index contributed by atoms with van der Waals surface area (Å²) in [5.74, 6) is -0.766. The van der Waals surface area contributed by atoms with Crippen molar-refractivity contribution in [3.63, 3.8) is 0 Å². The minimum Gasteiger partial charge on any atom is -0.314 e. The minimum atomic E-state index is -4.49. The molecule has 20 heavy (non-hydrogen) atoms. The lowest BCUT2D eigenvalue weighted by atomic mass is 10.1. The molecule has 110 valence electrons. The predicted molar refractivity (Wildman–Crippen MR) is 66.6 cm³/mol. The van der Waals surface area contributed by atoms with E-state index in [1.165, 1.54) is 6.07 Å². The van der Waals surface area contributed by atoms with Gasteiger partial charge in [-0.15, -0.1) is 0 Å². The van der Waals surface area contributed by atoms with Gasteiger partial charge in [-0.2, -0.15) is 13.2 Å². The smallest absolute Gasteiger partial charge is 0.314 e. The summed E-state index contributed by atoms with van der Waals surface area (Å²) in [4.78, 5) is 2.21. The van der Waals surface area contributed by atoms with Gasteiger partial charge in [-0.05, 0) is 25.0 Å². The van der Waals surface area contributed by atoms with Crippen LogP contribution in [0, 0.1) is 5.82 Å². The number of hydrogen-bond acceptors (Lipinski definition) is 2. The highest BCUT2D eigenvalue weighted by atomic mass is 19.4. The monoisotopic (exact) mass is 288 g/mol. The van der Waals surface area contributed by atoms with Crippen LogP contribution in [0.1, 0.15) is 24.0 Å². The number of halogens is 4. The molecule has 1 heterocycles. The van der Waals surface area contributed by atoms with E-state index in [4.69, 9.17) is 0 Å². The Labute approximate surface area is 114 Å². The maximum Gasteiger partial charge on any atom is 0.416 e. The van der Waals surface area contributed by atoms with Gasteiger partial charge in [0.2, 0.25) is 0 Å². The molecule has 2 nitrogen and oxygen atoms in total. The number of benzene rings is 1. The highest BCUT2D eigenvalue weighted by Gasteiger charge is 2.37. The lowest BCUT2D eigenvalue weighted by Gasteiger charge is -2.38. The van der Waals surface area contributed by atoms with Crippen LogP contribution in [0.4, 0.5) is 17.6 Å². The first-order chi connectivity index (χ1) is 9.45. The summed E-state index contributed by atoms with van der Waals surface area (Å²) in [7, 11) is 0. The topological polar surface area (TPSA) is 15.3 Å². The van der Waals surface area contributed by atoms with Crippen LogP contribution in [0.3, 0.4) is 0 Å². The van der Waals surface area contributed by atoms with Crippen LogP contribution in [0.25, 0.3) is 0 Å². The van der Waals surface area contributed by atoms with Crippen LogP contribution in [0.5, 0.6) is 0 Å². The third-order valence-corrected chi connectivity index (χ3v) is 3.98. The second kappa shape index (κ2) is 5.00. The lowest BCUT2D eigenvalue weighted by Crippen LogP contribution is -2.57. The number of hydrogen-bond donors (Lipinski definition) is 1. The van der Waals surface area contributed by atoms with Crippen LogP contribution in [0.2, 0.25) is 0 Å². The average molecular weight is 288 g/mol. The molecule has 1 aromatic rings. The maximum atomic E-state index is 13.9. The first-order valence-electron chi connectivity index (χ1n) is 6.77. The number of nitrogens with zero attached hydrogens (tertiary/aromatic N) is 1. The predicted octanol–water partition coefficient (Wildman–Crippen LogP) is 2.78. The van der Waals surface area contributed by atoms with E-state index >= 15 is 0 Å². The first kappa shape index (κ1) is 13.8. The minimum absolute atomic E-state index is 0.344. The summed E-state index contributed by atoms with van der Waals surface area (Å²) in [5.41, 5.74) is -0.584. The largest absolute Gasteiger partial charge is 0.416 e. The lowest BCUT2D eigenvalue weighted by molar-refractivity contribution is -0.137. The molecular formula is C14H16F4N2. The van der Waals surface area contributed by atoms with Gasteiger partial charge >= 0.3 is 6.18 Å². The molecule has 1 aliphatic heterocycles. The second-order valence-electron chi connectivity index (χ2n) is 5.52. The zero-order valence-corrected chi connectivity index (χ0v) is 10.9. The molecule has 2 fully saturated rings. The van der Waals surface area contributed by atoms with Crippen molar-refractivity contribution in [3.8, 4) is 0 Å². The van der Waals surface area contributed by atoms with Gasteiger partial charge in [0.25, 0.3) is 0 Å². The van der Waals surface area contributed by atoms with Crippen molar-refractivity contribution < 1.29 is 17.6 Å². The Morgan fingerprint density at radius 1 is 1.15 bits per heavy atom. The Bertz CT molecular complexity index is 492. The van der Waals surface area contributed by atoms with Gasteiger partial charge in [-0.1, -0.05) is 6.07 Å². The first-order valence-corrected chi connectivity index (χ1v) is 6.77. The Kier molecular flexibility index (Phi) is 3.46. The highest BCUT2D eigenvalue weighted by Crippen LogP contribution is 2.33. The number of alkyl halides is 3. The molecule has 1 N–H and O–H groups in total. The van der Waals surface area contributed by atoms with Gasteiger partial charge in [0.1, 0.15) is 5.82 Å². The molecule has 0 atom stereocenters. The van der Waals surface area contributed by atoms with Crippen molar-refractivity contribution in [2.45, 2.75) is 37.6 Å². The van der Waals surface area contributed by atoms with Gasteiger partial charge in [0, 0.05) is 37.3 Å². The van der Waals surface area contributed by atoms with Crippen LogP contribution >= 0.6 is 0 Å². The van der Waals surface area contributed by atoms with Crippen molar-refractivity contribution in [3.05, 3.63) is 35.1 Å². The molecule has 1 saturated carbocycles. The van der Waals surface area contributed by atoms with Gasteiger partial charge < -0.3 is 5.32 Å². The summed E-state index contributed by atoms with van der Waals surface area (Å²) in [6.07, 6.45) is -2.30. The van der Waals surface area contributed by atoms with E-state index in [0.717, 1.165) is 32.0 Å². The van der Waals surface area contributed by atoms with E-state index in [1.54, 1.807) is 0 Å². The van der Waals surface area contributed by atoms with E-state index < -0.39 is 17.6 Å². The van der Waals surface area contributed by atoms with E-state index in [0.29, 0.717) is 30.3 Å². The molecule has 1 aliphatic carbocycles. The standard InChI is InChI=1S/C14H16F4N2/c15-13-5-10(14(16,17)18)2-1-9(13)8-20(11-3-4-11)12-6-19-7-12/h1-2,5,11-12,19H,3-4,6-8H2. The fraction of sp³-hybridized carbons (Fsp3) is 0.571. The van der Waals surface area contributed by atoms with Crippen LogP contribution in [-0.2, 0) is 12.7 Å². The van der Waals surface area contributed by atoms with Gasteiger partial charge in [-0.3, -0.25) is 4.90 Å². The summed E-state index contributed by atoms with van der Waals surface area (Å²) in [6, 6.07) is 3.66. The third kappa shape index (κ3) is 2.81. The molecule has 0 aromatic heterocycles. The van der Waals surface area contributed by atoms with Gasteiger partial charge in [-0.25, -0.2) is 4.39 Å². The Balaban J connectivity index is 1.76. The van der Waals surface area contributed by atoms with Crippen molar-refractivity contribution in [1.29, 1.82) is 0 Å². The van der Waals surface area contributed by atoms with E-state index in [9.17, 15) is 17.6 Å². The third-order valence-electron chi connectivity index (χ3n) is 3.98. The molecule has 0 amide bonds. The molecule has 0 spiro atoms.